The molecule has 3 saturated heterocycles. The molecular weight excluding hydrogens is 670 g/mol. The number of ether oxygens (including phenoxy) is 4. The first-order valence-electron chi connectivity index (χ1n) is 17.6. The highest BCUT2D eigenvalue weighted by molar-refractivity contribution is 5.95. The monoisotopic (exact) mass is 711 g/mol. The SMILES string of the molecule is O=C(NCCO)c1cccc(CNC(=O)[C@@]23C[C@H]4OC(=O)[C@@H]2N(Cc2ccc(C=COCCO)cc2)O[C@@H]3[C@H]2OC3(Cc5ccccc5C3)O[C@H]24)c1. The second-order valence-corrected chi connectivity index (χ2v) is 13.9. The zero-order valence-corrected chi connectivity index (χ0v) is 28.4. The minimum Gasteiger partial charge on any atom is -0.499 e. The molecule has 0 aromatic heterocycles. The maximum absolute atomic E-state index is 14.7. The van der Waals surface area contributed by atoms with E-state index in [1.54, 1.807) is 35.4 Å². The normalized spacial score (nSPS) is 28.0. The van der Waals surface area contributed by atoms with Crippen molar-refractivity contribution in [2.45, 2.75) is 68.6 Å². The summed E-state index contributed by atoms with van der Waals surface area (Å²) in [5.41, 5.74) is 3.71. The smallest absolute Gasteiger partial charge is 0.327 e. The van der Waals surface area contributed by atoms with Gasteiger partial charge in [0.25, 0.3) is 5.91 Å². The third-order valence-corrected chi connectivity index (χ3v) is 10.6. The highest BCUT2D eigenvalue weighted by atomic mass is 16.8. The maximum Gasteiger partial charge on any atom is 0.327 e. The largest absolute Gasteiger partial charge is 0.499 e. The standard InChI is InChI=1S/C39H41N3O10/c43-14-13-40-35(45)27-7-3-4-26(18-27)22-41-37(47)39-21-30-31-32(51-38(50-31)19-28-5-1-2-6-29(28)20-38)34(39)52-42(33(39)36(46)49-30)23-25-10-8-24(9-11-25)12-16-48-17-15-44/h1-12,16,18,30-34,43-44H,13-15,17,19-23H2,(H,40,45)(H,41,47)/t30-,31+,32+,33+,34-,39+/m1/s1. The van der Waals surface area contributed by atoms with Crippen molar-refractivity contribution < 1.29 is 48.4 Å². The van der Waals surface area contributed by atoms with Crippen LogP contribution >= 0.6 is 0 Å². The lowest BCUT2D eigenvalue weighted by molar-refractivity contribution is -0.217. The Morgan fingerprint density at radius 2 is 1.69 bits per heavy atom. The summed E-state index contributed by atoms with van der Waals surface area (Å²) < 4.78 is 24.9. The summed E-state index contributed by atoms with van der Waals surface area (Å²) in [5, 5.41) is 25.3. The second-order valence-electron chi connectivity index (χ2n) is 13.9. The van der Waals surface area contributed by atoms with Crippen LogP contribution in [0.15, 0.2) is 79.1 Å². The molecule has 3 heterocycles. The molecule has 2 aliphatic carbocycles. The number of carbonyl (C=O) groups excluding carboxylic acids is 3. The number of aliphatic hydroxyl groups is 2. The molecule has 4 fully saturated rings. The van der Waals surface area contributed by atoms with Crippen LogP contribution in [-0.2, 0) is 59.3 Å². The van der Waals surface area contributed by atoms with Gasteiger partial charge in [-0.2, -0.15) is 5.06 Å². The Morgan fingerprint density at radius 1 is 0.923 bits per heavy atom. The molecule has 8 rings (SSSR count). The van der Waals surface area contributed by atoms with Gasteiger partial charge in [0.15, 0.2) is 11.8 Å². The number of hydrogen-bond donors (Lipinski definition) is 4. The van der Waals surface area contributed by atoms with Crippen LogP contribution in [0.25, 0.3) is 6.08 Å². The van der Waals surface area contributed by atoms with Crippen LogP contribution in [0.4, 0.5) is 0 Å². The molecule has 272 valence electrons. The molecule has 1 saturated carbocycles. The minimum atomic E-state index is -1.36. The summed E-state index contributed by atoms with van der Waals surface area (Å²) in [5.74, 6) is -2.23. The Balaban J connectivity index is 1.08. The lowest BCUT2D eigenvalue weighted by Crippen LogP contribution is -2.69. The predicted molar refractivity (Wildman–Crippen MR) is 184 cm³/mol. The van der Waals surface area contributed by atoms with E-state index in [9.17, 15) is 14.4 Å². The van der Waals surface area contributed by atoms with Gasteiger partial charge in [-0.1, -0.05) is 60.7 Å². The molecule has 2 amide bonds. The zero-order valence-electron chi connectivity index (χ0n) is 28.4. The molecule has 3 aliphatic heterocycles. The van der Waals surface area contributed by atoms with Crippen molar-refractivity contribution in [1.29, 1.82) is 0 Å². The van der Waals surface area contributed by atoms with Crippen LogP contribution < -0.4 is 10.6 Å². The third kappa shape index (κ3) is 6.16. The van der Waals surface area contributed by atoms with Crippen molar-refractivity contribution in [1.82, 2.24) is 15.7 Å². The van der Waals surface area contributed by atoms with Crippen LogP contribution in [0.2, 0.25) is 0 Å². The molecular formula is C39H41N3O10. The maximum atomic E-state index is 14.7. The fourth-order valence-corrected chi connectivity index (χ4v) is 8.36. The number of hydroxylamine groups is 2. The van der Waals surface area contributed by atoms with E-state index in [0.717, 1.165) is 22.3 Å². The van der Waals surface area contributed by atoms with E-state index in [2.05, 4.69) is 22.8 Å². The van der Waals surface area contributed by atoms with Crippen LogP contribution in [0, 0.1) is 5.41 Å². The van der Waals surface area contributed by atoms with E-state index in [0.29, 0.717) is 24.0 Å². The highest BCUT2D eigenvalue weighted by Crippen LogP contribution is 2.58. The van der Waals surface area contributed by atoms with Crippen LogP contribution in [0.1, 0.15) is 44.6 Å². The van der Waals surface area contributed by atoms with Crippen molar-refractivity contribution in [3.05, 3.63) is 112 Å². The number of fused-ring (bicyclic) bond motifs is 5. The van der Waals surface area contributed by atoms with Crippen LogP contribution in [0.3, 0.4) is 0 Å². The fourth-order valence-electron chi connectivity index (χ4n) is 8.36. The van der Waals surface area contributed by atoms with Crippen LogP contribution in [-0.4, -0.2) is 95.7 Å². The third-order valence-electron chi connectivity index (χ3n) is 10.6. The van der Waals surface area contributed by atoms with Crippen molar-refractivity contribution in [3.8, 4) is 0 Å². The average molecular weight is 712 g/mol. The Kier molecular flexibility index (Phi) is 9.32. The molecule has 13 nitrogen and oxygen atoms in total. The number of benzene rings is 3. The number of rotatable bonds is 12. The van der Waals surface area contributed by atoms with E-state index >= 15 is 0 Å². The van der Waals surface area contributed by atoms with Gasteiger partial charge in [0.05, 0.1) is 26.0 Å². The average Bonchev–Trinajstić information content (AvgIpc) is 3.83. The van der Waals surface area contributed by atoms with Gasteiger partial charge in [0.2, 0.25) is 5.91 Å². The molecule has 13 heteroatoms. The Hall–Kier alpha value is -4.63. The predicted octanol–water partition coefficient (Wildman–Crippen LogP) is 1.78. The number of esters is 1. The Morgan fingerprint density at radius 3 is 2.44 bits per heavy atom. The van der Waals surface area contributed by atoms with Gasteiger partial charge in [0.1, 0.15) is 36.4 Å². The zero-order chi connectivity index (χ0) is 35.9. The molecule has 0 unspecified atom stereocenters. The fraction of sp³-hybridized carbons (Fsp3) is 0.410. The van der Waals surface area contributed by atoms with Gasteiger partial charge in [0, 0.05) is 37.9 Å². The molecule has 52 heavy (non-hydrogen) atoms. The molecule has 0 radical (unpaired) electrons. The highest BCUT2D eigenvalue weighted by Gasteiger charge is 2.76. The second kappa shape index (κ2) is 14.1. The van der Waals surface area contributed by atoms with Crippen molar-refractivity contribution in [2.24, 2.45) is 5.41 Å². The number of carbonyl (C=O) groups is 3. The van der Waals surface area contributed by atoms with Gasteiger partial charge in [-0.25, -0.2) is 0 Å². The first-order valence-corrected chi connectivity index (χ1v) is 17.6. The summed E-state index contributed by atoms with van der Waals surface area (Å²) in [6.45, 7) is 0.374. The summed E-state index contributed by atoms with van der Waals surface area (Å²) in [7, 11) is 0. The van der Waals surface area contributed by atoms with Crippen molar-refractivity contribution >= 4 is 23.9 Å². The molecule has 4 N–H and O–H groups in total. The van der Waals surface area contributed by atoms with E-state index in [1.165, 1.54) is 6.26 Å². The molecule has 3 aromatic rings. The van der Waals surface area contributed by atoms with Gasteiger partial charge in [-0.05, 0) is 46.0 Å². The summed E-state index contributed by atoms with van der Waals surface area (Å²) in [4.78, 5) is 47.9. The van der Waals surface area contributed by atoms with Gasteiger partial charge in [-0.15, -0.1) is 0 Å². The van der Waals surface area contributed by atoms with Gasteiger partial charge < -0.3 is 39.8 Å². The summed E-state index contributed by atoms with van der Waals surface area (Å²) in [6, 6.07) is 21.5. The van der Waals surface area contributed by atoms with Gasteiger partial charge in [-0.3, -0.25) is 19.2 Å². The topological polar surface area (TPSA) is 165 Å². The summed E-state index contributed by atoms with van der Waals surface area (Å²) in [6.07, 6.45) is 1.66. The lowest BCUT2D eigenvalue weighted by atomic mass is 9.62. The van der Waals surface area contributed by atoms with E-state index in [4.69, 9.17) is 34.0 Å². The number of aliphatic hydroxyl groups excluding tert-OH is 2. The molecule has 1 spiro atoms. The quantitative estimate of drug-likeness (QED) is 0.123. The number of nitrogens with one attached hydrogen (secondary N) is 2. The van der Waals surface area contributed by atoms with Crippen LogP contribution in [0.5, 0.6) is 0 Å². The number of nitrogens with zero attached hydrogens (tertiary/aromatic N) is 1. The van der Waals surface area contributed by atoms with Crippen molar-refractivity contribution in [2.75, 3.05) is 26.4 Å². The van der Waals surface area contributed by atoms with E-state index in [1.807, 2.05) is 36.4 Å². The Bertz CT molecular complexity index is 1840. The van der Waals surface area contributed by atoms with E-state index in [-0.39, 0.29) is 57.7 Å². The van der Waals surface area contributed by atoms with Crippen molar-refractivity contribution in [3.63, 3.8) is 0 Å². The number of hydrogen-bond acceptors (Lipinski definition) is 11. The number of amides is 2. The van der Waals surface area contributed by atoms with E-state index < -0.39 is 47.6 Å². The molecule has 6 atom stereocenters. The molecule has 2 bridgehead atoms. The first kappa shape index (κ1) is 34.5. The molecule has 3 aromatic carbocycles. The summed E-state index contributed by atoms with van der Waals surface area (Å²) >= 11 is 0. The lowest BCUT2D eigenvalue weighted by Gasteiger charge is -2.48. The minimum absolute atomic E-state index is 0.0740. The Labute approximate surface area is 300 Å². The van der Waals surface area contributed by atoms with Gasteiger partial charge >= 0.3 is 5.97 Å². The molecule has 5 aliphatic rings. The first-order chi connectivity index (χ1) is 25.3.